The number of halogens is 3. The number of aliphatic carboxylic acids is 1. The van der Waals surface area contributed by atoms with E-state index >= 15 is 0 Å². The second-order valence-electron chi connectivity index (χ2n) is 2.82. The Kier molecular flexibility index (Phi) is 4.73. The van der Waals surface area contributed by atoms with E-state index in [0.29, 0.717) is 4.90 Å². The van der Waals surface area contributed by atoms with E-state index in [9.17, 15) is 27.6 Å². The summed E-state index contributed by atoms with van der Waals surface area (Å²) in [5.41, 5.74) is 0. The predicted octanol–water partition coefficient (Wildman–Crippen LogP) is -0.792. The number of carboxylic acids is 1. The lowest BCUT2D eigenvalue weighted by molar-refractivity contribution is -0.174. The van der Waals surface area contributed by atoms with Crippen LogP contribution in [-0.4, -0.2) is 54.1 Å². The quantitative estimate of drug-likeness (QED) is 0.676. The third kappa shape index (κ3) is 5.17. The van der Waals surface area contributed by atoms with Crippen molar-refractivity contribution in [3.05, 3.63) is 0 Å². The highest BCUT2D eigenvalue weighted by Crippen LogP contribution is 2.13. The Morgan fingerprint density at radius 1 is 1.31 bits per heavy atom. The normalized spacial score (nSPS) is 10.8. The highest BCUT2D eigenvalue weighted by Gasteiger charge is 2.38. The van der Waals surface area contributed by atoms with Crippen molar-refractivity contribution in [1.82, 2.24) is 10.2 Å². The van der Waals surface area contributed by atoms with Crippen LogP contribution < -0.4 is 5.32 Å². The maximum absolute atomic E-state index is 11.7. The van der Waals surface area contributed by atoms with Gasteiger partial charge in [-0.1, -0.05) is 0 Å². The molecule has 0 bridgehead atoms. The van der Waals surface area contributed by atoms with Crippen molar-refractivity contribution in [1.29, 1.82) is 0 Å². The zero-order valence-corrected chi connectivity index (χ0v) is 8.17. The van der Waals surface area contributed by atoms with Crippen LogP contribution in [-0.2, 0) is 14.4 Å². The van der Waals surface area contributed by atoms with Crippen LogP contribution in [0.4, 0.5) is 13.2 Å². The van der Waals surface area contributed by atoms with Gasteiger partial charge in [0.05, 0.1) is 6.54 Å². The maximum atomic E-state index is 11.7. The monoisotopic (exact) mass is 242 g/mol. The van der Waals surface area contributed by atoms with Gasteiger partial charge in [0.2, 0.25) is 5.91 Å². The minimum atomic E-state index is -5.06. The third-order valence-corrected chi connectivity index (χ3v) is 1.46. The lowest BCUT2D eigenvalue weighted by Gasteiger charge is -2.15. The van der Waals surface area contributed by atoms with Gasteiger partial charge in [-0.05, 0) is 0 Å². The Bertz CT molecular complexity index is 302. The molecule has 92 valence electrons. The van der Waals surface area contributed by atoms with Crippen LogP contribution in [0.5, 0.6) is 0 Å². The number of nitrogens with one attached hydrogen (secondary N) is 1. The number of carbonyl (C=O) groups is 3. The van der Waals surface area contributed by atoms with E-state index in [-0.39, 0.29) is 0 Å². The number of likely N-dealkylation sites (N-methyl/N-ethyl adjacent to an activating group) is 1. The van der Waals surface area contributed by atoms with Crippen LogP contribution in [0.25, 0.3) is 0 Å². The molecule has 0 aromatic rings. The number of amides is 2. The Morgan fingerprint density at radius 2 is 1.81 bits per heavy atom. The number of nitrogens with zero attached hydrogens (tertiary/aromatic N) is 1. The topological polar surface area (TPSA) is 86.7 Å². The zero-order valence-electron chi connectivity index (χ0n) is 8.17. The molecule has 0 aliphatic rings. The van der Waals surface area contributed by atoms with Crippen molar-refractivity contribution in [2.75, 3.05) is 20.1 Å². The summed E-state index contributed by atoms with van der Waals surface area (Å²) in [5.74, 6) is -4.48. The minimum Gasteiger partial charge on any atom is -0.480 e. The first-order valence-corrected chi connectivity index (χ1v) is 3.95. The summed E-state index contributed by atoms with van der Waals surface area (Å²) in [7, 11) is 1.09. The first kappa shape index (κ1) is 14.2. The molecule has 0 aromatic heterocycles. The van der Waals surface area contributed by atoms with Gasteiger partial charge in [-0.25, -0.2) is 0 Å². The van der Waals surface area contributed by atoms with Crippen LogP contribution in [0.15, 0.2) is 0 Å². The Morgan fingerprint density at radius 3 is 2.19 bits per heavy atom. The molecule has 0 radical (unpaired) electrons. The number of hydrogen-bond donors (Lipinski definition) is 2. The summed E-state index contributed by atoms with van der Waals surface area (Å²) in [6.45, 7) is -1.55. The van der Waals surface area contributed by atoms with E-state index in [4.69, 9.17) is 5.11 Å². The molecule has 0 atom stereocenters. The van der Waals surface area contributed by atoms with Crippen LogP contribution in [0.2, 0.25) is 0 Å². The molecule has 0 rings (SSSR count). The molecule has 2 N–H and O–H groups in total. The van der Waals surface area contributed by atoms with Gasteiger partial charge >= 0.3 is 18.1 Å². The van der Waals surface area contributed by atoms with Crippen LogP contribution in [0.1, 0.15) is 0 Å². The summed E-state index contributed by atoms with van der Waals surface area (Å²) < 4.78 is 35.0. The van der Waals surface area contributed by atoms with Crippen molar-refractivity contribution in [2.24, 2.45) is 0 Å². The van der Waals surface area contributed by atoms with Gasteiger partial charge in [0.1, 0.15) is 6.54 Å². The van der Waals surface area contributed by atoms with E-state index in [1.165, 1.54) is 5.32 Å². The average Bonchev–Trinajstić information content (AvgIpc) is 2.10. The number of carboxylic acid groups (broad SMARTS) is 1. The molecule has 0 spiro atoms. The second-order valence-corrected chi connectivity index (χ2v) is 2.82. The molecular weight excluding hydrogens is 233 g/mol. The fraction of sp³-hybridized carbons (Fsp3) is 0.571. The molecule has 6 nitrogen and oxygen atoms in total. The number of carbonyl (C=O) groups excluding carboxylic acids is 2. The van der Waals surface area contributed by atoms with Gasteiger partial charge in [0.15, 0.2) is 0 Å². The zero-order chi connectivity index (χ0) is 12.9. The summed E-state index contributed by atoms with van der Waals surface area (Å²) >= 11 is 0. The van der Waals surface area contributed by atoms with Crippen LogP contribution in [0, 0.1) is 0 Å². The van der Waals surface area contributed by atoms with E-state index in [0.717, 1.165) is 7.05 Å². The highest BCUT2D eigenvalue weighted by molar-refractivity contribution is 5.88. The Labute approximate surface area is 88.0 Å². The van der Waals surface area contributed by atoms with E-state index in [2.05, 4.69) is 0 Å². The van der Waals surface area contributed by atoms with Gasteiger partial charge < -0.3 is 15.3 Å². The van der Waals surface area contributed by atoms with Crippen LogP contribution in [0.3, 0.4) is 0 Å². The fourth-order valence-electron chi connectivity index (χ4n) is 0.682. The lowest BCUT2D eigenvalue weighted by Crippen LogP contribution is -2.44. The maximum Gasteiger partial charge on any atom is 0.471 e. The standard InChI is InChI=1S/C7H9F3N2O4/c1-12(3-5(14)15)4(13)2-11-6(16)7(8,9)10/h2-3H2,1H3,(H,11,16)(H,14,15). The van der Waals surface area contributed by atoms with Crippen molar-refractivity contribution >= 4 is 17.8 Å². The van der Waals surface area contributed by atoms with Gasteiger partial charge in [0, 0.05) is 7.05 Å². The molecule has 9 heteroatoms. The van der Waals surface area contributed by atoms with Crippen molar-refractivity contribution in [2.45, 2.75) is 6.18 Å². The smallest absolute Gasteiger partial charge is 0.471 e. The lowest BCUT2D eigenvalue weighted by atomic mass is 10.4. The Balaban J connectivity index is 4.08. The molecule has 0 aromatic carbocycles. The number of hydrogen-bond acceptors (Lipinski definition) is 3. The highest BCUT2D eigenvalue weighted by atomic mass is 19.4. The first-order valence-electron chi connectivity index (χ1n) is 3.95. The molecule has 0 saturated carbocycles. The molecule has 0 fully saturated rings. The third-order valence-electron chi connectivity index (χ3n) is 1.46. The summed E-state index contributed by atoms with van der Waals surface area (Å²) in [6, 6.07) is 0. The summed E-state index contributed by atoms with van der Waals surface area (Å²) in [4.78, 5) is 32.1. The summed E-state index contributed by atoms with van der Waals surface area (Å²) in [6.07, 6.45) is -5.06. The molecule has 0 aliphatic carbocycles. The Hall–Kier alpha value is -1.80. The molecule has 0 saturated heterocycles. The first-order chi connectivity index (χ1) is 7.14. The number of rotatable bonds is 4. The summed E-state index contributed by atoms with van der Waals surface area (Å²) in [5, 5.41) is 9.61. The molecular formula is C7H9F3N2O4. The molecule has 16 heavy (non-hydrogen) atoms. The van der Waals surface area contributed by atoms with Crippen molar-refractivity contribution in [3.8, 4) is 0 Å². The van der Waals surface area contributed by atoms with E-state index in [1.54, 1.807) is 0 Å². The second kappa shape index (κ2) is 5.33. The fourth-order valence-corrected chi connectivity index (χ4v) is 0.682. The largest absolute Gasteiger partial charge is 0.480 e. The molecule has 0 aliphatic heterocycles. The molecule has 0 unspecified atom stereocenters. The van der Waals surface area contributed by atoms with Crippen molar-refractivity contribution in [3.63, 3.8) is 0 Å². The minimum absolute atomic E-state index is 0.652. The van der Waals surface area contributed by atoms with Gasteiger partial charge in [-0.3, -0.25) is 14.4 Å². The van der Waals surface area contributed by atoms with Gasteiger partial charge in [-0.15, -0.1) is 0 Å². The van der Waals surface area contributed by atoms with Crippen LogP contribution >= 0.6 is 0 Å². The number of alkyl halides is 3. The van der Waals surface area contributed by atoms with Crippen molar-refractivity contribution < 1.29 is 32.7 Å². The molecule has 2 amide bonds. The van der Waals surface area contributed by atoms with E-state index in [1.807, 2.05) is 0 Å². The molecule has 0 heterocycles. The van der Waals surface area contributed by atoms with Gasteiger partial charge in [-0.2, -0.15) is 13.2 Å². The van der Waals surface area contributed by atoms with E-state index < -0.39 is 37.0 Å². The predicted molar refractivity (Wildman–Crippen MR) is 44.3 cm³/mol. The SMILES string of the molecule is CN(CC(=O)O)C(=O)CNC(=O)C(F)(F)F. The van der Waals surface area contributed by atoms with Gasteiger partial charge in [0.25, 0.3) is 0 Å². The average molecular weight is 242 g/mol.